The van der Waals surface area contributed by atoms with Gasteiger partial charge in [-0.15, -0.1) is 0 Å². The molecule has 1 aromatic carbocycles. The normalized spacial score (nSPS) is 21.3. The molecule has 0 amide bonds. The minimum atomic E-state index is -1.13. The van der Waals surface area contributed by atoms with Crippen LogP contribution >= 0.6 is 0 Å². The maximum absolute atomic E-state index is 14.4. The van der Waals surface area contributed by atoms with Crippen LogP contribution in [0.1, 0.15) is 35.4 Å². The minimum Gasteiger partial charge on any atom is -0.478 e. The predicted molar refractivity (Wildman–Crippen MR) is 85.5 cm³/mol. The van der Waals surface area contributed by atoms with Crippen molar-refractivity contribution in [2.75, 3.05) is 19.7 Å². The van der Waals surface area contributed by atoms with E-state index in [9.17, 15) is 14.3 Å². The van der Waals surface area contributed by atoms with Crippen LogP contribution in [0.2, 0.25) is 0 Å². The molecule has 2 aliphatic heterocycles. The lowest BCUT2D eigenvalue weighted by Gasteiger charge is -2.28. The van der Waals surface area contributed by atoms with E-state index in [-0.39, 0.29) is 17.2 Å². The van der Waals surface area contributed by atoms with E-state index in [1.54, 1.807) is 0 Å². The van der Waals surface area contributed by atoms with Crippen molar-refractivity contribution in [2.24, 2.45) is 0 Å². The Morgan fingerprint density at radius 1 is 1.38 bits per heavy atom. The minimum absolute atomic E-state index is 0.0524. The molecule has 7 heteroatoms. The summed E-state index contributed by atoms with van der Waals surface area (Å²) >= 11 is 0. The van der Waals surface area contributed by atoms with Crippen molar-refractivity contribution in [3.05, 3.63) is 29.3 Å². The van der Waals surface area contributed by atoms with Gasteiger partial charge in [-0.25, -0.2) is 14.2 Å². The monoisotopic (exact) mass is 333 g/mol. The van der Waals surface area contributed by atoms with Crippen LogP contribution in [0, 0.1) is 5.82 Å². The zero-order valence-corrected chi connectivity index (χ0v) is 13.4. The summed E-state index contributed by atoms with van der Waals surface area (Å²) in [6.45, 7) is 4.02. The number of aromatic carboxylic acids is 1. The molecule has 6 nitrogen and oxygen atoms in total. The van der Waals surface area contributed by atoms with Crippen molar-refractivity contribution in [3.63, 3.8) is 0 Å². The second kappa shape index (κ2) is 6.14. The number of halogens is 1. The number of benzene rings is 1. The summed E-state index contributed by atoms with van der Waals surface area (Å²) in [5, 5.41) is 9.21. The van der Waals surface area contributed by atoms with Gasteiger partial charge in [0.1, 0.15) is 11.3 Å². The smallest absolute Gasteiger partial charge is 0.335 e. The van der Waals surface area contributed by atoms with Crippen LogP contribution in [0.25, 0.3) is 11.0 Å². The molecule has 2 aromatic rings. The summed E-state index contributed by atoms with van der Waals surface area (Å²) < 4.78 is 21.8. The van der Waals surface area contributed by atoms with Gasteiger partial charge in [0, 0.05) is 6.61 Å². The van der Waals surface area contributed by atoms with Crippen LogP contribution in [0.15, 0.2) is 12.1 Å². The first-order valence-corrected chi connectivity index (χ1v) is 8.38. The van der Waals surface area contributed by atoms with Gasteiger partial charge in [-0.2, -0.15) is 0 Å². The van der Waals surface area contributed by atoms with Gasteiger partial charge in [-0.1, -0.05) is 0 Å². The number of fused-ring (bicyclic) bond motifs is 1. The van der Waals surface area contributed by atoms with Crippen molar-refractivity contribution >= 4 is 17.0 Å². The Hall–Kier alpha value is -1.99. The predicted octanol–water partition coefficient (Wildman–Crippen LogP) is 2.26. The molecule has 0 aliphatic carbocycles. The third-order valence-corrected chi connectivity index (χ3v) is 4.88. The topological polar surface area (TPSA) is 67.6 Å². The van der Waals surface area contributed by atoms with Crippen molar-refractivity contribution in [1.82, 2.24) is 14.5 Å². The summed E-state index contributed by atoms with van der Waals surface area (Å²) in [4.78, 5) is 18.0. The third-order valence-electron chi connectivity index (χ3n) is 4.88. The highest BCUT2D eigenvalue weighted by atomic mass is 19.1. The van der Waals surface area contributed by atoms with Gasteiger partial charge in [-0.05, 0) is 44.5 Å². The Kier molecular flexibility index (Phi) is 3.97. The number of nitrogens with zero attached hydrogens (tertiary/aromatic N) is 3. The van der Waals surface area contributed by atoms with Crippen LogP contribution in [0.3, 0.4) is 0 Å². The number of carboxylic acid groups (broad SMARTS) is 1. The number of hydrogen-bond acceptors (Lipinski definition) is 4. The maximum Gasteiger partial charge on any atom is 0.335 e. The van der Waals surface area contributed by atoms with Gasteiger partial charge in [-0.3, -0.25) is 4.90 Å². The number of carbonyl (C=O) groups is 1. The molecule has 3 heterocycles. The second-order valence-electron chi connectivity index (χ2n) is 6.53. The largest absolute Gasteiger partial charge is 0.478 e. The van der Waals surface area contributed by atoms with Crippen LogP contribution in [-0.2, 0) is 17.8 Å². The molecule has 4 rings (SSSR count). The van der Waals surface area contributed by atoms with Crippen molar-refractivity contribution in [2.45, 2.75) is 38.5 Å². The lowest BCUT2D eigenvalue weighted by atomic mass is 10.1. The van der Waals surface area contributed by atoms with Crippen LogP contribution in [-0.4, -0.2) is 51.3 Å². The lowest BCUT2D eigenvalue weighted by Crippen LogP contribution is -2.32. The summed E-state index contributed by atoms with van der Waals surface area (Å²) in [6.07, 6.45) is 3.40. The fourth-order valence-electron chi connectivity index (χ4n) is 3.45. The maximum atomic E-state index is 14.4. The van der Waals surface area contributed by atoms with Crippen LogP contribution < -0.4 is 0 Å². The second-order valence-corrected chi connectivity index (χ2v) is 6.53. The van der Waals surface area contributed by atoms with E-state index in [1.165, 1.54) is 18.9 Å². The fraction of sp³-hybridized carbons (Fsp3) is 0.529. The van der Waals surface area contributed by atoms with E-state index in [0.29, 0.717) is 18.6 Å². The molecular weight excluding hydrogens is 313 g/mol. The molecule has 1 atom stereocenters. The molecule has 128 valence electrons. The Morgan fingerprint density at radius 3 is 2.75 bits per heavy atom. The highest BCUT2D eigenvalue weighted by Crippen LogP contribution is 2.26. The molecule has 1 unspecified atom stereocenters. The average Bonchev–Trinajstić information content (AvgIpc) is 3.11. The van der Waals surface area contributed by atoms with E-state index >= 15 is 0 Å². The summed E-state index contributed by atoms with van der Waals surface area (Å²) in [7, 11) is 0. The fourth-order valence-corrected chi connectivity index (χ4v) is 3.45. The number of likely N-dealkylation sites (tertiary alicyclic amines) is 1. The van der Waals surface area contributed by atoms with Crippen molar-refractivity contribution in [3.8, 4) is 0 Å². The van der Waals surface area contributed by atoms with Crippen LogP contribution in [0.4, 0.5) is 4.39 Å². The number of ether oxygens (including phenoxy) is 1. The summed E-state index contributed by atoms with van der Waals surface area (Å²) in [6, 6.07) is 2.56. The van der Waals surface area contributed by atoms with E-state index in [2.05, 4.69) is 9.88 Å². The van der Waals surface area contributed by atoms with Gasteiger partial charge < -0.3 is 14.4 Å². The van der Waals surface area contributed by atoms with E-state index < -0.39 is 11.8 Å². The SMILES string of the molecule is O=C(O)c1cc(F)c2nc(CN3CCCC3)n(CC3CCO3)c2c1. The van der Waals surface area contributed by atoms with Gasteiger partial charge in [0.15, 0.2) is 5.82 Å². The quantitative estimate of drug-likeness (QED) is 0.909. The van der Waals surface area contributed by atoms with Crippen molar-refractivity contribution < 1.29 is 19.0 Å². The molecule has 0 bridgehead atoms. The first-order chi connectivity index (χ1) is 11.6. The summed E-state index contributed by atoms with van der Waals surface area (Å²) in [5.74, 6) is -0.936. The Labute approximate surface area is 138 Å². The Balaban J connectivity index is 1.78. The molecule has 1 aromatic heterocycles. The van der Waals surface area contributed by atoms with E-state index in [0.717, 1.165) is 38.0 Å². The van der Waals surface area contributed by atoms with E-state index in [4.69, 9.17) is 4.74 Å². The van der Waals surface area contributed by atoms with Crippen molar-refractivity contribution in [1.29, 1.82) is 0 Å². The number of aromatic nitrogens is 2. The number of carboxylic acids is 1. The Bertz CT molecular complexity index is 779. The molecule has 2 fully saturated rings. The molecule has 2 aliphatic rings. The summed E-state index contributed by atoms with van der Waals surface area (Å²) in [5.41, 5.74) is 0.731. The highest BCUT2D eigenvalue weighted by molar-refractivity contribution is 5.92. The molecule has 0 saturated carbocycles. The number of hydrogen-bond donors (Lipinski definition) is 1. The molecule has 24 heavy (non-hydrogen) atoms. The first-order valence-electron chi connectivity index (χ1n) is 8.38. The standard InChI is InChI=1S/C17H20FN3O3/c18-13-7-11(17(22)23)8-14-16(13)19-15(10-20-4-1-2-5-20)21(14)9-12-3-6-24-12/h7-8,12H,1-6,9-10H2,(H,22,23). The zero-order chi connectivity index (χ0) is 16.7. The molecule has 1 N–H and O–H groups in total. The number of rotatable bonds is 5. The zero-order valence-electron chi connectivity index (χ0n) is 13.4. The number of imidazole rings is 1. The van der Waals surface area contributed by atoms with Gasteiger partial charge >= 0.3 is 5.97 Å². The Morgan fingerprint density at radius 2 is 2.12 bits per heavy atom. The molecule has 0 spiro atoms. The van der Waals surface area contributed by atoms with Gasteiger partial charge in [0.25, 0.3) is 0 Å². The molecule has 0 radical (unpaired) electrons. The highest BCUT2D eigenvalue weighted by Gasteiger charge is 2.25. The van der Waals surface area contributed by atoms with Gasteiger partial charge in [0.2, 0.25) is 0 Å². The van der Waals surface area contributed by atoms with Gasteiger partial charge in [0.05, 0.1) is 30.3 Å². The van der Waals surface area contributed by atoms with E-state index in [1.807, 2.05) is 4.57 Å². The lowest BCUT2D eigenvalue weighted by molar-refractivity contribution is -0.0591. The molecular formula is C17H20FN3O3. The average molecular weight is 333 g/mol. The van der Waals surface area contributed by atoms with Crippen LogP contribution in [0.5, 0.6) is 0 Å². The third kappa shape index (κ3) is 2.78. The molecule has 2 saturated heterocycles. The first kappa shape index (κ1) is 15.5.